The summed E-state index contributed by atoms with van der Waals surface area (Å²) >= 11 is 1.42. The molecule has 2 atom stereocenters. The van der Waals surface area contributed by atoms with Gasteiger partial charge in [0.1, 0.15) is 0 Å². The van der Waals surface area contributed by atoms with Crippen molar-refractivity contribution >= 4 is 35.9 Å². The van der Waals surface area contributed by atoms with Crippen LogP contribution in [0.1, 0.15) is 10.4 Å². The predicted octanol–water partition coefficient (Wildman–Crippen LogP) is 1.70. The summed E-state index contributed by atoms with van der Waals surface area (Å²) in [4.78, 5) is 26.1. The fourth-order valence-electron chi connectivity index (χ4n) is 3.09. The molecule has 0 aliphatic carbocycles. The highest BCUT2D eigenvalue weighted by atomic mass is 35.5. The molecule has 120 valence electrons. The lowest BCUT2D eigenvalue weighted by Gasteiger charge is -2.17. The molecule has 2 aliphatic heterocycles. The first-order valence-electron chi connectivity index (χ1n) is 7.38. The maximum atomic E-state index is 12.2. The number of ketones is 1. The molecule has 4 nitrogen and oxygen atoms in total. The number of hydrogen-bond donors (Lipinski definition) is 1. The second-order valence-corrected chi connectivity index (χ2v) is 6.74. The minimum atomic E-state index is 0. The molecular formula is C16H21ClN2O2S. The Morgan fingerprint density at radius 2 is 1.73 bits per heavy atom. The van der Waals surface area contributed by atoms with Gasteiger partial charge in [-0.3, -0.25) is 9.59 Å². The summed E-state index contributed by atoms with van der Waals surface area (Å²) in [5.41, 5.74) is 0.722. The number of fused-ring (bicyclic) bond motifs is 1. The average molecular weight is 341 g/mol. The highest BCUT2D eigenvalue weighted by molar-refractivity contribution is 8.00. The van der Waals surface area contributed by atoms with Crippen molar-refractivity contribution in [3.8, 4) is 0 Å². The summed E-state index contributed by atoms with van der Waals surface area (Å²) in [5, 5.41) is 3.37. The number of halogens is 1. The molecule has 2 saturated heterocycles. The highest BCUT2D eigenvalue weighted by Crippen LogP contribution is 2.26. The van der Waals surface area contributed by atoms with Crippen LogP contribution < -0.4 is 5.32 Å². The molecule has 0 bridgehead atoms. The van der Waals surface area contributed by atoms with Gasteiger partial charge in [-0.2, -0.15) is 0 Å². The van der Waals surface area contributed by atoms with E-state index in [1.165, 1.54) is 11.8 Å². The normalized spacial score (nSPS) is 23.0. The number of Topliss-reactive ketones (excluding diaryl/α,β-unsaturated/α-hetero) is 1. The Balaban J connectivity index is 0.00000176. The van der Waals surface area contributed by atoms with E-state index in [9.17, 15) is 9.59 Å². The number of carbonyl (C=O) groups is 2. The lowest BCUT2D eigenvalue weighted by molar-refractivity contribution is -0.127. The maximum Gasteiger partial charge on any atom is 0.232 e. The van der Waals surface area contributed by atoms with Crippen LogP contribution in [0.4, 0.5) is 0 Å². The molecule has 0 unspecified atom stereocenters. The molecule has 22 heavy (non-hydrogen) atoms. The van der Waals surface area contributed by atoms with Gasteiger partial charge in [0.25, 0.3) is 0 Å². The van der Waals surface area contributed by atoms with Crippen molar-refractivity contribution in [2.45, 2.75) is 0 Å². The van der Waals surface area contributed by atoms with Crippen LogP contribution in [-0.2, 0) is 4.79 Å². The zero-order valence-corrected chi connectivity index (χ0v) is 14.0. The molecule has 1 amide bonds. The van der Waals surface area contributed by atoms with Crippen LogP contribution >= 0.6 is 24.2 Å². The Bertz CT molecular complexity index is 514. The lowest BCUT2D eigenvalue weighted by atomic mass is 10.0. The van der Waals surface area contributed by atoms with Crippen LogP contribution in [0.5, 0.6) is 0 Å². The quantitative estimate of drug-likeness (QED) is 0.829. The van der Waals surface area contributed by atoms with Crippen LogP contribution in [0.25, 0.3) is 0 Å². The summed E-state index contributed by atoms with van der Waals surface area (Å²) < 4.78 is 0. The molecule has 1 N–H and O–H groups in total. The SMILES string of the molecule is Cl.O=C(CSCC(=O)N1C[C@H]2CNC[C@H]2C1)c1ccccc1. The first-order valence-corrected chi connectivity index (χ1v) is 8.54. The van der Waals surface area contributed by atoms with Gasteiger partial charge in [-0.05, 0) is 11.8 Å². The second-order valence-electron chi connectivity index (χ2n) is 5.76. The van der Waals surface area contributed by atoms with E-state index < -0.39 is 0 Å². The van der Waals surface area contributed by atoms with Gasteiger partial charge in [-0.25, -0.2) is 0 Å². The Kier molecular flexibility index (Phi) is 6.29. The summed E-state index contributed by atoms with van der Waals surface area (Å²) in [5.74, 6) is 2.31. The molecule has 2 aliphatic rings. The number of nitrogens with zero attached hydrogens (tertiary/aromatic N) is 1. The second kappa shape index (κ2) is 7.99. The number of nitrogens with one attached hydrogen (secondary N) is 1. The van der Waals surface area contributed by atoms with Crippen LogP contribution in [0.15, 0.2) is 30.3 Å². The summed E-state index contributed by atoms with van der Waals surface area (Å²) in [6, 6.07) is 9.26. The number of carbonyl (C=O) groups excluding carboxylic acids is 2. The molecule has 0 radical (unpaired) electrons. The standard InChI is InChI=1S/C16H20N2O2S.ClH/c19-15(12-4-2-1-3-5-12)10-21-11-16(20)18-8-13-6-17-7-14(13)9-18;/h1-5,13-14,17H,6-11H2;1H/t13-,14+;. The molecular weight excluding hydrogens is 320 g/mol. The van der Waals surface area contributed by atoms with Gasteiger partial charge >= 0.3 is 0 Å². The van der Waals surface area contributed by atoms with Crippen LogP contribution in [-0.4, -0.2) is 54.3 Å². The fraction of sp³-hybridized carbons (Fsp3) is 0.500. The van der Waals surface area contributed by atoms with Crippen LogP contribution in [0.3, 0.4) is 0 Å². The summed E-state index contributed by atoms with van der Waals surface area (Å²) in [6.45, 7) is 3.83. The maximum absolute atomic E-state index is 12.2. The Morgan fingerprint density at radius 1 is 1.09 bits per heavy atom. The van der Waals surface area contributed by atoms with Crippen LogP contribution in [0.2, 0.25) is 0 Å². The Labute approximate surface area is 141 Å². The first-order chi connectivity index (χ1) is 10.2. The minimum absolute atomic E-state index is 0. The van der Waals surface area contributed by atoms with Gasteiger partial charge in [-0.1, -0.05) is 30.3 Å². The Morgan fingerprint density at radius 3 is 2.36 bits per heavy atom. The molecule has 3 rings (SSSR count). The van der Waals surface area contributed by atoms with Gasteiger partial charge < -0.3 is 10.2 Å². The highest BCUT2D eigenvalue weighted by Gasteiger charge is 2.37. The summed E-state index contributed by atoms with van der Waals surface area (Å²) in [6.07, 6.45) is 0. The monoisotopic (exact) mass is 340 g/mol. The molecule has 2 heterocycles. The number of likely N-dealkylation sites (tertiary alicyclic amines) is 1. The zero-order chi connectivity index (χ0) is 14.7. The van der Waals surface area contributed by atoms with Crippen molar-refractivity contribution in [3.05, 3.63) is 35.9 Å². The minimum Gasteiger partial charge on any atom is -0.341 e. The topological polar surface area (TPSA) is 49.4 Å². The molecule has 1 aromatic rings. The van der Waals surface area contributed by atoms with E-state index in [1.807, 2.05) is 35.2 Å². The molecule has 6 heteroatoms. The molecule has 0 saturated carbocycles. The zero-order valence-electron chi connectivity index (χ0n) is 12.4. The smallest absolute Gasteiger partial charge is 0.232 e. The van der Waals surface area contributed by atoms with Gasteiger partial charge in [-0.15, -0.1) is 24.2 Å². The fourth-order valence-corrected chi connectivity index (χ4v) is 3.90. The van der Waals surface area contributed by atoms with Gasteiger partial charge in [0.05, 0.1) is 11.5 Å². The number of benzene rings is 1. The van der Waals surface area contributed by atoms with Gasteiger partial charge in [0.2, 0.25) is 5.91 Å². The van der Waals surface area contributed by atoms with Crippen molar-refractivity contribution in [1.29, 1.82) is 0 Å². The predicted molar refractivity (Wildman–Crippen MR) is 91.8 cm³/mol. The largest absolute Gasteiger partial charge is 0.341 e. The van der Waals surface area contributed by atoms with E-state index in [0.717, 1.165) is 31.7 Å². The van der Waals surface area contributed by atoms with Gasteiger partial charge in [0.15, 0.2) is 5.78 Å². The van der Waals surface area contributed by atoms with Crippen LogP contribution in [0, 0.1) is 11.8 Å². The van der Waals surface area contributed by atoms with Crippen molar-refractivity contribution < 1.29 is 9.59 Å². The van der Waals surface area contributed by atoms with Crippen molar-refractivity contribution in [1.82, 2.24) is 10.2 Å². The van der Waals surface area contributed by atoms with E-state index in [1.54, 1.807) is 0 Å². The molecule has 0 spiro atoms. The van der Waals surface area contributed by atoms with E-state index in [4.69, 9.17) is 0 Å². The Hall–Kier alpha value is -1.04. The van der Waals surface area contributed by atoms with Crippen molar-refractivity contribution in [3.63, 3.8) is 0 Å². The number of rotatable bonds is 5. The molecule has 0 aromatic heterocycles. The third-order valence-corrected chi connectivity index (χ3v) is 5.21. The van der Waals surface area contributed by atoms with E-state index >= 15 is 0 Å². The van der Waals surface area contributed by atoms with Gasteiger partial charge in [0, 0.05) is 31.7 Å². The molecule has 2 fully saturated rings. The van der Waals surface area contributed by atoms with E-state index in [-0.39, 0.29) is 24.1 Å². The van der Waals surface area contributed by atoms with E-state index in [0.29, 0.717) is 23.3 Å². The first kappa shape index (κ1) is 17.3. The van der Waals surface area contributed by atoms with E-state index in [2.05, 4.69) is 5.32 Å². The summed E-state index contributed by atoms with van der Waals surface area (Å²) in [7, 11) is 0. The number of amides is 1. The number of thioether (sulfide) groups is 1. The third-order valence-electron chi connectivity index (χ3n) is 4.30. The third kappa shape index (κ3) is 4.03. The average Bonchev–Trinajstić information content (AvgIpc) is 3.09. The number of hydrogen-bond acceptors (Lipinski definition) is 4. The van der Waals surface area contributed by atoms with Crippen molar-refractivity contribution in [2.24, 2.45) is 11.8 Å². The van der Waals surface area contributed by atoms with Crippen molar-refractivity contribution in [2.75, 3.05) is 37.7 Å². The lowest BCUT2D eigenvalue weighted by Crippen LogP contribution is -2.33. The molecule has 1 aromatic carbocycles.